The molecule has 0 saturated carbocycles. The van der Waals surface area contributed by atoms with Crippen LogP contribution >= 0.6 is 0 Å². The Bertz CT molecular complexity index is 606. The summed E-state index contributed by atoms with van der Waals surface area (Å²) < 4.78 is 5.70. The van der Waals surface area contributed by atoms with Crippen LogP contribution in [0.25, 0.3) is 11.5 Å². The van der Waals surface area contributed by atoms with Gasteiger partial charge >= 0.3 is 0 Å². The second kappa shape index (κ2) is 8.37. The summed E-state index contributed by atoms with van der Waals surface area (Å²) in [6.45, 7) is 6.33. The lowest BCUT2D eigenvalue weighted by atomic mass is 9.96. The molecule has 0 amide bonds. The molecule has 130 valence electrons. The van der Waals surface area contributed by atoms with Crippen molar-refractivity contribution in [3.63, 3.8) is 0 Å². The van der Waals surface area contributed by atoms with E-state index >= 15 is 0 Å². The molecule has 0 spiro atoms. The number of hydrogen-bond donors (Lipinski definition) is 2. The molecule has 24 heavy (non-hydrogen) atoms. The Hall–Kier alpha value is -1.76. The predicted octanol–water partition coefficient (Wildman–Crippen LogP) is 1.92. The molecule has 0 aliphatic carbocycles. The molecule has 1 fully saturated rings. The van der Waals surface area contributed by atoms with Gasteiger partial charge in [-0.25, -0.2) is 0 Å². The second-order valence-electron chi connectivity index (χ2n) is 6.59. The zero-order valence-electron chi connectivity index (χ0n) is 14.2. The van der Waals surface area contributed by atoms with E-state index in [1.165, 1.54) is 12.8 Å². The van der Waals surface area contributed by atoms with Crippen molar-refractivity contribution < 1.29 is 9.52 Å². The average molecular weight is 330 g/mol. The molecule has 1 aliphatic heterocycles. The van der Waals surface area contributed by atoms with Crippen molar-refractivity contribution in [2.75, 3.05) is 26.2 Å². The molecule has 1 aromatic heterocycles. The van der Waals surface area contributed by atoms with Gasteiger partial charge in [0.1, 0.15) is 0 Å². The van der Waals surface area contributed by atoms with E-state index in [2.05, 4.69) is 20.4 Å². The number of aromatic nitrogens is 2. The van der Waals surface area contributed by atoms with Crippen LogP contribution in [0, 0.1) is 5.92 Å². The Balaban J connectivity index is 1.39. The van der Waals surface area contributed by atoms with Crippen LogP contribution in [0.15, 0.2) is 34.7 Å². The Kier molecular flexibility index (Phi) is 5.96. The number of aliphatic hydroxyl groups excluding tert-OH is 1. The van der Waals surface area contributed by atoms with E-state index in [-0.39, 0.29) is 6.10 Å². The monoisotopic (exact) mass is 330 g/mol. The highest BCUT2D eigenvalue weighted by molar-refractivity contribution is 5.51. The van der Waals surface area contributed by atoms with E-state index in [0.717, 1.165) is 31.7 Å². The first-order chi connectivity index (χ1) is 11.7. The van der Waals surface area contributed by atoms with Crippen molar-refractivity contribution in [3.8, 4) is 11.5 Å². The lowest BCUT2D eigenvalue weighted by molar-refractivity contribution is 0.0997. The first-order valence-corrected chi connectivity index (χ1v) is 8.69. The molecular formula is C18H26N4O2. The van der Waals surface area contributed by atoms with Gasteiger partial charge in [0.05, 0.1) is 12.6 Å². The smallest absolute Gasteiger partial charge is 0.247 e. The topological polar surface area (TPSA) is 74.4 Å². The predicted molar refractivity (Wildman–Crippen MR) is 92.3 cm³/mol. The number of benzene rings is 1. The minimum Gasteiger partial charge on any atom is -0.419 e. The Morgan fingerprint density at radius 3 is 2.71 bits per heavy atom. The van der Waals surface area contributed by atoms with Crippen molar-refractivity contribution in [2.24, 2.45) is 5.92 Å². The van der Waals surface area contributed by atoms with Gasteiger partial charge in [-0.2, -0.15) is 0 Å². The maximum atomic E-state index is 9.45. The van der Waals surface area contributed by atoms with Crippen LogP contribution in [0.5, 0.6) is 0 Å². The summed E-state index contributed by atoms with van der Waals surface area (Å²) in [7, 11) is 0. The SMILES string of the molecule is C[C@@H](O)CN1CCC(CNCc2nnc(-c3ccccc3)o2)CC1. The minimum atomic E-state index is -0.240. The van der Waals surface area contributed by atoms with Crippen molar-refractivity contribution in [2.45, 2.75) is 32.4 Å². The molecule has 0 unspecified atom stereocenters. The summed E-state index contributed by atoms with van der Waals surface area (Å²) >= 11 is 0. The molecule has 1 aromatic carbocycles. The van der Waals surface area contributed by atoms with Gasteiger partial charge in [0.2, 0.25) is 11.8 Å². The zero-order chi connectivity index (χ0) is 16.8. The largest absolute Gasteiger partial charge is 0.419 e. The summed E-state index contributed by atoms with van der Waals surface area (Å²) in [6, 6.07) is 9.81. The van der Waals surface area contributed by atoms with Crippen molar-refractivity contribution >= 4 is 0 Å². The number of piperidine rings is 1. The lowest BCUT2D eigenvalue weighted by Crippen LogP contribution is -2.40. The van der Waals surface area contributed by atoms with E-state index in [1.807, 2.05) is 37.3 Å². The average Bonchev–Trinajstić information content (AvgIpc) is 3.06. The van der Waals surface area contributed by atoms with E-state index in [9.17, 15) is 5.11 Å². The van der Waals surface area contributed by atoms with Crippen LogP contribution in [0.4, 0.5) is 0 Å². The minimum absolute atomic E-state index is 0.240. The highest BCUT2D eigenvalue weighted by Crippen LogP contribution is 2.18. The molecule has 1 aliphatic rings. The molecule has 6 nitrogen and oxygen atoms in total. The number of rotatable bonds is 7. The third-order valence-corrected chi connectivity index (χ3v) is 4.43. The standard InChI is InChI=1S/C18H26N4O2/c1-14(23)13-22-9-7-15(8-10-22)11-19-12-17-20-21-18(24-17)16-5-3-2-4-6-16/h2-6,14-15,19,23H,7-13H2,1H3/t14-/m1/s1. The van der Waals surface area contributed by atoms with Crippen LogP contribution in [0.3, 0.4) is 0 Å². The molecule has 2 aromatic rings. The Morgan fingerprint density at radius 1 is 1.25 bits per heavy atom. The second-order valence-corrected chi connectivity index (χ2v) is 6.59. The van der Waals surface area contributed by atoms with Gasteiger partial charge in [0, 0.05) is 12.1 Å². The first-order valence-electron chi connectivity index (χ1n) is 8.69. The molecule has 2 N–H and O–H groups in total. The fourth-order valence-electron chi connectivity index (χ4n) is 3.15. The quantitative estimate of drug-likeness (QED) is 0.808. The van der Waals surface area contributed by atoms with E-state index in [0.29, 0.717) is 24.2 Å². The number of aliphatic hydroxyl groups is 1. The fraction of sp³-hybridized carbons (Fsp3) is 0.556. The maximum absolute atomic E-state index is 9.45. The van der Waals surface area contributed by atoms with E-state index < -0.39 is 0 Å². The van der Waals surface area contributed by atoms with Crippen LogP contribution < -0.4 is 5.32 Å². The van der Waals surface area contributed by atoms with Gasteiger partial charge < -0.3 is 19.7 Å². The number of β-amino-alcohol motifs (C(OH)–C–C–N with tert-alkyl or cyclic N) is 1. The summed E-state index contributed by atoms with van der Waals surface area (Å²) in [5.41, 5.74) is 0.946. The van der Waals surface area contributed by atoms with Gasteiger partial charge in [-0.1, -0.05) is 18.2 Å². The number of nitrogens with zero attached hydrogens (tertiary/aromatic N) is 3. The third-order valence-electron chi connectivity index (χ3n) is 4.43. The Labute approximate surface area is 142 Å². The maximum Gasteiger partial charge on any atom is 0.247 e. The van der Waals surface area contributed by atoms with Gasteiger partial charge in [0.15, 0.2) is 0 Å². The fourth-order valence-corrected chi connectivity index (χ4v) is 3.15. The van der Waals surface area contributed by atoms with Gasteiger partial charge in [-0.15, -0.1) is 10.2 Å². The molecule has 1 atom stereocenters. The third kappa shape index (κ3) is 4.87. The van der Waals surface area contributed by atoms with Crippen LogP contribution in [-0.2, 0) is 6.54 Å². The molecule has 1 saturated heterocycles. The van der Waals surface area contributed by atoms with Crippen molar-refractivity contribution in [1.29, 1.82) is 0 Å². The van der Waals surface area contributed by atoms with Crippen molar-refractivity contribution in [3.05, 3.63) is 36.2 Å². The van der Waals surface area contributed by atoms with Crippen LogP contribution in [0.2, 0.25) is 0 Å². The molecule has 6 heteroatoms. The number of nitrogens with one attached hydrogen (secondary N) is 1. The van der Waals surface area contributed by atoms with E-state index in [1.54, 1.807) is 0 Å². The highest BCUT2D eigenvalue weighted by atomic mass is 16.4. The van der Waals surface area contributed by atoms with Crippen molar-refractivity contribution in [1.82, 2.24) is 20.4 Å². The number of likely N-dealkylation sites (tertiary alicyclic amines) is 1. The Morgan fingerprint density at radius 2 is 2.00 bits per heavy atom. The van der Waals surface area contributed by atoms with E-state index in [4.69, 9.17) is 4.42 Å². The summed E-state index contributed by atoms with van der Waals surface area (Å²) in [5.74, 6) is 1.87. The summed E-state index contributed by atoms with van der Waals surface area (Å²) in [4.78, 5) is 2.34. The van der Waals surface area contributed by atoms with Gasteiger partial charge in [0.25, 0.3) is 0 Å². The van der Waals surface area contributed by atoms with Crippen LogP contribution in [0.1, 0.15) is 25.7 Å². The molecule has 3 rings (SSSR count). The first kappa shape index (κ1) is 17.1. The zero-order valence-corrected chi connectivity index (χ0v) is 14.2. The molecule has 0 bridgehead atoms. The van der Waals surface area contributed by atoms with Crippen LogP contribution in [-0.4, -0.2) is 52.5 Å². The normalized spacial score (nSPS) is 17.9. The molecule has 2 heterocycles. The lowest BCUT2D eigenvalue weighted by Gasteiger charge is -2.32. The molecular weight excluding hydrogens is 304 g/mol. The highest BCUT2D eigenvalue weighted by Gasteiger charge is 2.19. The molecule has 0 radical (unpaired) electrons. The number of hydrogen-bond acceptors (Lipinski definition) is 6. The van der Waals surface area contributed by atoms with Gasteiger partial charge in [-0.05, 0) is 57.5 Å². The summed E-state index contributed by atoms with van der Waals surface area (Å²) in [6.07, 6.45) is 2.09. The van der Waals surface area contributed by atoms with Gasteiger partial charge in [-0.3, -0.25) is 0 Å². The summed E-state index contributed by atoms with van der Waals surface area (Å²) in [5, 5.41) is 21.1.